The van der Waals surface area contributed by atoms with Gasteiger partial charge in [-0.05, 0) is 66.6 Å². The summed E-state index contributed by atoms with van der Waals surface area (Å²) in [4.78, 5) is 14.3. The third kappa shape index (κ3) is 5.92. The lowest BCUT2D eigenvalue weighted by Gasteiger charge is -2.33. The number of amidine groups is 2. The van der Waals surface area contributed by atoms with Crippen molar-refractivity contribution in [1.82, 2.24) is 4.90 Å². The molecule has 0 aromatic heterocycles. The molecule has 2 aromatic carbocycles. The number of hydrogen-bond donors (Lipinski definition) is 3. The van der Waals surface area contributed by atoms with Crippen LogP contribution < -0.4 is 5.73 Å². The maximum absolute atomic E-state index is 12.2. The minimum atomic E-state index is -0.407. The van der Waals surface area contributed by atoms with Crippen molar-refractivity contribution in [3.05, 3.63) is 59.2 Å². The largest absolute Gasteiger partial charge is 0.465 e. The molecule has 7 nitrogen and oxygen atoms in total. The summed E-state index contributed by atoms with van der Waals surface area (Å²) in [5.74, 6) is 0.587. The van der Waals surface area contributed by atoms with Gasteiger partial charge in [0.2, 0.25) is 0 Å². The number of nitrogens with one attached hydrogen (secondary N) is 2. The second kappa shape index (κ2) is 10.2. The van der Waals surface area contributed by atoms with E-state index in [2.05, 4.69) is 4.90 Å². The van der Waals surface area contributed by atoms with Gasteiger partial charge in [0.1, 0.15) is 5.84 Å². The van der Waals surface area contributed by atoms with Crippen molar-refractivity contribution in [2.75, 3.05) is 26.8 Å². The van der Waals surface area contributed by atoms with E-state index in [4.69, 9.17) is 26.0 Å². The molecule has 7 heteroatoms. The number of carbonyl (C=O) groups excluding carboxylic acids is 1. The Bertz CT molecular complexity index is 973. The number of nitrogen functional groups attached to an aromatic ring is 1. The van der Waals surface area contributed by atoms with E-state index in [1.165, 1.54) is 7.11 Å². The number of hydrogen-bond acceptors (Lipinski definition) is 5. The van der Waals surface area contributed by atoms with Crippen LogP contribution in [0.4, 0.5) is 0 Å². The number of rotatable bonds is 7. The molecule has 1 aliphatic heterocycles. The van der Waals surface area contributed by atoms with Crippen LogP contribution in [0.1, 0.15) is 41.3 Å². The van der Waals surface area contributed by atoms with Crippen molar-refractivity contribution in [1.29, 1.82) is 10.8 Å². The van der Waals surface area contributed by atoms with E-state index in [0.717, 1.165) is 42.6 Å². The number of methoxy groups -OCH3 is 1. The molecule has 164 valence electrons. The molecule has 1 unspecified atom stereocenters. The smallest absolute Gasteiger partial charge is 0.337 e. The zero-order valence-corrected chi connectivity index (χ0v) is 18.1. The van der Waals surface area contributed by atoms with Crippen molar-refractivity contribution in [3.63, 3.8) is 0 Å². The van der Waals surface area contributed by atoms with Gasteiger partial charge in [0.25, 0.3) is 0 Å². The predicted octanol–water partition coefficient (Wildman–Crippen LogP) is 3.65. The Kier molecular flexibility index (Phi) is 7.41. The van der Waals surface area contributed by atoms with Crippen LogP contribution in [-0.4, -0.2) is 49.3 Å². The van der Waals surface area contributed by atoms with E-state index in [9.17, 15) is 4.79 Å². The minimum Gasteiger partial charge on any atom is -0.465 e. The van der Waals surface area contributed by atoms with Crippen LogP contribution in [0.2, 0.25) is 0 Å². The van der Waals surface area contributed by atoms with Crippen LogP contribution in [-0.2, 0) is 16.1 Å². The summed E-state index contributed by atoms with van der Waals surface area (Å²) in [6.45, 7) is 4.60. The molecular formula is C24H30N4O3. The van der Waals surface area contributed by atoms with E-state index >= 15 is 0 Å². The van der Waals surface area contributed by atoms with Gasteiger partial charge in [-0.1, -0.05) is 18.2 Å². The predicted molar refractivity (Wildman–Crippen MR) is 122 cm³/mol. The second-order valence-electron chi connectivity index (χ2n) is 7.96. The molecule has 4 N–H and O–H groups in total. The van der Waals surface area contributed by atoms with Crippen LogP contribution in [0.5, 0.6) is 0 Å². The van der Waals surface area contributed by atoms with E-state index in [0.29, 0.717) is 36.1 Å². The Morgan fingerprint density at radius 3 is 2.65 bits per heavy atom. The van der Waals surface area contributed by atoms with Crippen LogP contribution in [0.25, 0.3) is 11.1 Å². The third-order valence-corrected chi connectivity index (χ3v) is 5.54. The summed E-state index contributed by atoms with van der Waals surface area (Å²) in [5.41, 5.74) is 9.29. The molecule has 0 spiro atoms. The highest BCUT2D eigenvalue weighted by Gasteiger charge is 2.20. The lowest BCUT2D eigenvalue weighted by Crippen LogP contribution is -2.39. The number of carbonyl (C=O) groups is 1. The van der Waals surface area contributed by atoms with Gasteiger partial charge >= 0.3 is 5.97 Å². The van der Waals surface area contributed by atoms with Gasteiger partial charge in [-0.15, -0.1) is 0 Å². The van der Waals surface area contributed by atoms with Gasteiger partial charge in [0, 0.05) is 18.7 Å². The summed E-state index contributed by atoms with van der Waals surface area (Å²) in [5, 5.41) is 15.5. The zero-order valence-electron chi connectivity index (χ0n) is 18.1. The van der Waals surface area contributed by atoms with Crippen LogP contribution in [0.15, 0.2) is 42.5 Å². The molecule has 0 amide bonds. The number of benzene rings is 2. The maximum Gasteiger partial charge on any atom is 0.337 e. The zero-order chi connectivity index (χ0) is 22.4. The van der Waals surface area contributed by atoms with Crippen molar-refractivity contribution < 1.29 is 14.3 Å². The molecule has 1 fully saturated rings. The lowest BCUT2D eigenvalue weighted by molar-refractivity contribution is 0.0597. The molecule has 0 aliphatic carbocycles. The average molecular weight is 423 g/mol. The van der Waals surface area contributed by atoms with E-state index in [1.807, 2.05) is 31.2 Å². The van der Waals surface area contributed by atoms with Crippen molar-refractivity contribution in [2.24, 2.45) is 11.7 Å². The number of esters is 1. The Labute approximate surface area is 183 Å². The SMILES string of the molecule is COC(=O)c1cc(COCC2CCCN(C(C)=N)C2)cc(-c2cccc(C(=N)N)c2)c1. The van der Waals surface area contributed by atoms with E-state index in [1.54, 1.807) is 18.2 Å². The summed E-state index contributed by atoms with van der Waals surface area (Å²) in [7, 11) is 1.36. The first-order valence-electron chi connectivity index (χ1n) is 10.4. The Morgan fingerprint density at radius 1 is 1.16 bits per heavy atom. The minimum absolute atomic E-state index is 0.00350. The van der Waals surface area contributed by atoms with Gasteiger partial charge in [-0.2, -0.15) is 0 Å². The first kappa shape index (κ1) is 22.5. The number of nitrogens with zero attached hydrogens (tertiary/aromatic N) is 1. The van der Waals surface area contributed by atoms with Crippen molar-refractivity contribution in [3.8, 4) is 11.1 Å². The third-order valence-electron chi connectivity index (χ3n) is 5.54. The number of piperidine rings is 1. The Hall–Kier alpha value is -3.19. The molecule has 31 heavy (non-hydrogen) atoms. The van der Waals surface area contributed by atoms with Crippen molar-refractivity contribution >= 4 is 17.6 Å². The Balaban J connectivity index is 1.76. The number of ether oxygens (including phenoxy) is 2. The molecule has 1 aliphatic rings. The molecule has 1 saturated heterocycles. The normalized spacial score (nSPS) is 16.1. The van der Waals surface area contributed by atoms with Crippen LogP contribution >= 0.6 is 0 Å². The molecule has 0 saturated carbocycles. The molecule has 2 aromatic rings. The van der Waals surface area contributed by atoms with Gasteiger partial charge in [-0.3, -0.25) is 10.8 Å². The molecular weight excluding hydrogens is 392 g/mol. The lowest BCUT2D eigenvalue weighted by atomic mass is 9.98. The topological polar surface area (TPSA) is 112 Å². The fourth-order valence-corrected chi connectivity index (χ4v) is 3.89. The fourth-order valence-electron chi connectivity index (χ4n) is 3.89. The van der Waals surface area contributed by atoms with E-state index in [-0.39, 0.29) is 5.84 Å². The molecule has 1 atom stereocenters. The highest BCUT2D eigenvalue weighted by atomic mass is 16.5. The summed E-state index contributed by atoms with van der Waals surface area (Å²) < 4.78 is 10.9. The molecule has 3 rings (SSSR count). The van der Waals surface area contributed by atoms with E-state index < -0.39 is 5.97 Å². The van der Waals surface area contributed by atoms with Gasteiger partial charge in [0.15, 0.2) is 0 Å². The second-order valence-corrected chi connectivity index (χ2v) is 7.96. The number of likely N-dealkylation sites (tertiary alicyclic amines) is 1. The fraction of sp³-hybridized carbons (Fsp3) is 0.375. The van der Waals surface area contributed by atoms with Crippen molar-refractivity contribution in [2.45, 2.75) is 26.4 Å². The van der Waals surface area contributed by atoms with Gasteiger partial charge in [0.05, 0.1) is 31.7 Å². The number of nitrogens with two attached hydrogens (primary N) is 1. The first-order chi connectivity index (χ1) is 14.9. The monoisotopic (exact) mass is 422 g/mol. The Morgan fingerprint density at radius 2 is 1.94 bits per heavy atom. The average Bonchev–Trinajstić information content (AvgIpc) is 2.78. The maximum atomic E-state index is 12.2. The molecule has 0 bridgehead atoms. The summed E-state index contributed by atoms with van der Waals surface area (Å²) in [6, 6.07) is 12.9. The van der Waals surface area contributed by atoms with Crippen LogP contribution in [0, 0.1) is 16.7 Å². The van der Waals surface area contributed by atoms with Gasteiger partial charge in [-0.25, -0.2) is 4.79 Å². The quantitative estimate of drug-likeness (QED) is 0.358. The van der Waals surface area contributed by atoms with Gasteiger partial charge < -0.3 is 20.1 Å². The summed E-state index contributed by atoms with van der Waals surface area (Å²) in [6.07, 6.45) is 2.16. The molecule has 0 radical (unpaired) electrons. The first-order valence-corrected chi connectivity index (χ1v) is 10.4. The highest BCUT2D eigenvalue weighted by molar-refractivity contribution is 5.96. The molecule has 1 heterocycles. The summed E-state index contributed by atoms with van der Waals surface area (Å²) >= 11 is 0. The highest BCUT2D eigenvalue weighted by Crippen LogP contribution is 2.25. The standard InChI is InChI=1S/C24H30N4O3/c1-16(25)28-8-4-5-17(13-28)14-31-15-18-9-21(12-22(10-18)24(29)30-2)19-6-3-7-20(11-19)23(26)27/h3,6-7,9-12,17,25H,4-5,8,13-15H2,1-2H3,(H3,26,27). The van der Waals surface area contributed by atoms with Crippen LogP contribution in [0.3, 0.4) is 0 Å².